The van der Waals surface area contributed by atoms with Gasteiger partial charge in [-0.25, -0.2) is 0 Å². The van der Waals surface area contributed by atoms with Gasteiger partial charge in [-0.05, 0) is 37.7 Å². The average molecular weight is 378 g/mol. The molecule has 0 radical (unpaired) electrons. The van der Waals surface area contributed by atoms with Crippen LogP contribution in [-0.4, -0.2) is 76.3 Å². The summed E-state index contributed by atoms with van der Waals surface area (Å²) >= 11 is 0. The summed E-state index contributed by atoms with van der Waals surface area (Å²) in [7, 11) is 5.70. The Morgan fingerprint density at radius 3 is 2.41 bits per heavy atom. The third-order valence-corrected chi connectivity index (χ3v) is 4.75. The number of nitrogens with one attached hydrogen (secondary N) is 2. The van der Waals surface area contributed by atoms with Gasteiger partial charge in [0.05, 0.1) is 0 Å². The van der Waals surface area contributed by atoms with Crippen LogP contribution in [0.2, 0.25) is 0 Å². The highest BCUT2D eigenvalue weighted by Crippen LogP contribution is 2.11. The Kier molecular flexibility index (Phi) is 12.5. The van der Waals surface area contributed by atoms with E-state index in [9.17, 15) is 0 Å². The van der Waals surface area contributed by atoms with Crippen molar-refractivity contribution >= 4 is 5.96 Å². The Labute approximate surface area is 166 Å². The van der Waals surface area contributed by atoms with Crippen LogP contribution in [0.4, 0.5) is 0 Å². The molecule has 0 saturated heterocycles. The van der Waals surface area contributed by atoms with Crippen molar-refractivity contribution in [2.45, 2.75) is 33.4 Å². The third-order valence-electron chi connectivity index (χ3n) is 4.75. The zero-order chi connectivity index (χ0) is 19.9. The van der Waals surface area contributed by atoms with Crippen molar-refractivity contribution in [3.8, 4) is 0 Å². The van der Waals surface area contributed by atoms with E-state index in [0.717, 1.165) is 64.8 Å². The second kappa shape index (κ2) is 14.4. The van der Waals surface area contributed by atoms with Crippen LogP contribution in [0.25, 0.3) is 0 Å². The van der Waals surface area contributed by atoms with E-state index in [1.807, 2.05) is 7.05 Å². The predicted molar refractivity (Wildman–Crippen MR) is 115 cm³/mol. The fraction of sp³-hybridized carbons (Fsp3) is 0.667. The molecule has 0 atom stereocenters. The van der Waals surface area contributed by atoms with Gasteiger partial charge in [-0.3, -0.25) is 9.89 Å². The van der Waals surface area contributed by atoms with E-state index in [2.05, 4.69) is 70.6 Å². The smallest absolute Gasteiger partial charge is 0.191 e. The van der Waals surface area contributed by atoms with Crippen LogP contribution in [0.3, 0.4) is 0 Å². The molecule has 0 heterocycles. The van der Waals surface area contributed by atoms with E-state index in [4.69, 9.17) is 4.74 Å². The number of guanidine groups is 1. The van der Waals surface area contributed by atoms with Crippen LogP contribution in [0, 0.1) is 0 Å². The number of rotatable bonds is 13. The first-order chi connectivity index (χ1) is 13.1. The normalized spacial score (nSPS) is 12.0. The quantitative estimate of drug-likeness (QED) is 0.313. The minimum atomic E-state index is 0.779. The van der Waals surface area contributed by atoms with Crippen molar-refractivity contribution in [2.75, 3.05) is 60.5 Å². The van der Waals surface area contributed by atoms with Crippen LogP contribution < -0.4 is 10.6 Å². The standard InChI is InChI=1S/C21H39N5O/c1-6-26(7-2)18-20-12-9-8-11-19(20)17-24-21(22-3)23-13-15-25(4)14-10-16-27-5/h8-9,11-12H,6-7,10,13-18H2,1-5H3,(H2,22,23,24). The number of methoxy groups -OCH3 is 1. The van der Waals surface area contributed by atoms with Crippen LogP contribution in [0.15, 0.2) is 29.3 Å². The molecule has 0 saturated carbocycles. The number of benzene rings is 1. The molecule has 0 aromatic heterocycles. The molecule has 0 aliphatic heterocycles. The van der Waals surface area contributed by atoms with E-state index < -0.39 is 0 Å². The van der Waals surface area contributed by atoms with Gasteiger partial charge in [0.15, 0.2) is 5.96 Å². The SMILES string of the molecule is CCN(CC)Cc1ccccc1CNC(=NC)NCCN(C)CCCOC. The number of hydrogen-bond donors (Lipinski definition) is 2. The summed E-state index contributed by atoms with van der Waals surface area (Å²) in [6.45, 7) is 12.0. The molecule has 27 heavy (non-hydrogen) atoms. The molecule has 0 fully saturated rings. The first kappa shape index (κ1) is 23.4. The number of likely N-dealkylation sites (N-methyl/N-ethyl adjacent to an activating group) is 1. The highest BCUT2D eigenvalue weighted by atomic mass is 16.5. The lowest BCUT2D eigenvalue weighted by molar-refractivity contribution is 0.180. The molecule has 6 nitrogen and oxygen atoms in total. The maximum absolute atomic E-state index is 5.10. The largest absolute Gasteiger partial charge is 0.385 e. The fourth-order valence-corrected chi connectivity index (χ4v) is 2.93. The van der Waals surface area contributed by atoms with Crippen LogP contribution in [0.1, 0.15) is 31.4 Å². The minimum Gasteiger partial charge on any atom is -0.385 e. The number of ether oxygens (including phenoxy) is 1. The summed E-state index contributed by atoms with van der Waals surface area (Å²) in [5.74, 6) is 0.845. The van der Waals surface area contributed by atoms with Gasteiger partial charge in [0.1, 0.15) is 0 Å². The lowest BCUT2D eigenvalue weighted by Gasteiger charge is -2.21. The van der Waals surface area contributed by atoms with Gasteiger partial charge in [-0.2, -0.15) is 0 Å². The fourth-order valence-electron chi connectivity index (χ4n) is 2.93. The molecule has 0 aliphatic carbocycles. The molecule has 0 bridgehead atoms. The van der Waals surface area contributed by atoms with E-state index in [-0.39, 0.29) is 0 Å². The summed E-state index contributed by atoms with van der Waals surface area (Å²) in [5, 5.41) is 6.84. The second-order valence-corrected chi connectivity index (χ2v) is 6.73. The Morgan fingerprint density at radius 1 is 1.07 bits per heavy atom. The van der Waals surface area contributed by atoms with E-state index in [1.54, 1.807) is 7.11 Å². The maximum Gasteiger partial charge on any atom is 0.191 e. The monoisotopic (exact) mass is 377 g/mol. The molecular formula is C21H39N5O. The van der Waals surface area contributed by atoms with E-state index in [0.29, 0.717) is 0 Å². The van der Waals surface area contributed by atoms with Crippen molar-refractivity contribution in [3.63, 3.8) is 0 Å². The highest BCUT2D eigenvalue weighted by Gasteiger charge is 2.07. The molecule has 0 aliphatic rings. The Bertz CT molecular complexity index is 531. The zero-order valence-corrected chi connectivity index (χ0v) is 17.9. The topological polar surface area (TPSA) is 52.1 Å². The Hall–Kier alpha value is -1.63. The number of hydrogen-bond acceptors (Lipinski definition) is 4. The Balaban J connectivity index is 2.44. The van der Waals surface area contributed by atoms with Crippen molar-refractivity contribution in [1.82, 2.24) is 20.4 Å². The molecule has 2 N–H and O–H groups in total. The molecule has 6 heteroatoms. The van der Waals surface area contributed by atoms with Crippen molar-refractivity contribution in [3.05, 3.63) is 35.4 Å². The van der Waals surface area contributed by atoms with Gasteiger partial charge < -0.3 is 20.3 Å². The molecule has 0 unspecified atom stereocenters. The van der Waals surface area contributed by atoms with Gasteiger partial charge in [0.25, 0.3) is 0 Å². The number of aliphatic imine (C=N–C) groups is 1. The Morgan fingerprint density at radius 2 is 1.78 bits per heavy atom. The van der Waals surface area contributed by atoms with Crippen molar-refractivity contribution in [2.24, 2.45) is 4.99 Å². The second-order valence-electron chi connectivity index (χ2n) is 6.73. The summed E-state index contributed by atoms with van der Waals surface area (Å²) in [5.41, 5.74) is 2.70. The summed E-state index contributed by atoms with van der Waals surface area (Å²) in [6.07, 6.45) is 1.06. The number of nitrogens with zero attached hydrogens (tertiary/aromatic N) is 3. The molecule has 1 rings (SSSR count). The first-order valence-corrected chi connectivity index (χ1v) is 10.1. The van der Waals surface area contributed by atoms with Crippen molar-refractivity contribution < 1.29 is 4.74 Å². The third kappa shape index (κ3) is 9.75. The van der Waals surface area contributed by atoms with Crippen LogP contribution in [0.5, 0.6) is 0 Å². The lowest BCUT2D eigenvalue weighted by Crippen LogP contribution is -2.41. The summed E-state index contributed by atoms with van der Waals surface area (Å²) < 4.78 is 5.10. The molecule has 0 amide bonds. The van der Waals surface area contributed by atoms with Crippen LogP contribution in [-0.2, 0) is 17.8 Å². The highest BCUT2D eigenvalue weighted by molar-refractivity contribution is 5.79. The van der Waals surface area contributed by atoms with Crippen LogP contribution >= 0.6 is 0 Å². The minimum absolute atomic E-state index is 0.779. The zero-order valence-electron chi connectivity index (χ0n) is 17.9. The molecule has 1 aromatic rings. The van der Waals surface area contributed by atoms with E-state index in [1.165, 1.54) is 11.1 Å². The van der Waals surface area contributed by atoms with Crippen molar-refractivity contribution in [1.29, 1.82) is 0 Å². The summed E-state index contributed by atoms with van der Waals surface area (Å²) in [4.78, 5) is 9.08. The van der Waals surface area contributed by atoms with Gasteiger partial charge in [-0.1, -0.05) is 38.1 Å². The first-order valence-electron chi connectivity index (χ1n) is 10.1. The van der Waals surface area contributed by atoms with E-state index >= 15 is 0 Å². The molecule has 0 spiro atoms. The van der Waals surface area contributed by atoms with Gasteiger partial charge in [0.2, 0.25) is 0 Å². The summed E-state index contributed by atoms with van der Waals surface area (Å²) in [6, 6.07) is 8.64. The van der Waals surface area contributed by atoms with Gasteiger partial charge in [-0.15, -0.1) is 0 Å². The molecule has 154 valence electrons. The van der Waals surface area contributed by atoms with Gasteiger partial charge in [0, 0.05) is 53.5 Å². The average Bonchev–Trinajstić information content (AvgIpc) is 2.69. The lowest BCUT2D eigenvalue weighted by atomic mass is 10.1. The van der Waals surface area contributed by atoms with Gasteiger partial charge >= 0.3 is 0 Å². The molecular weight excluding hydrogens is 338 g/mol. The maximum atomic E-state index is 5.10. The molecule has 1 aromatic carbocycles. The predicted octanol–water partition coefficient (Wildman–Crippen LogP) is 2.16.